The van der Waals surface area contributed by atoms with Crippen molar-refractivity contribution in [3.63, 3.8) is 0 Å². The standard InChI is InChI=1S/C20H27NO6/c1-20(2)26-16(18(11-22)27-20)8-6-14(10-19(23)21(3)4)13-5-7-15-17(9-13)25-12-24-15/h5-9,14,16,18,22H,10-12H2,1-4H3/b8-6+/t14-,16-,18+/m0/s1. The summed E-state index contributed by atoms with van der Waals surface area (Å²) in [6, 6.07) is 5.69. The average Bonchev–Trinajstić information content (AvgIpc) is 3.20. The van der Waals surface area contributed by atoms with Gasteiger partial charge in [0.1, 0.15) is 12.2 Å². The highest BCUT2D eigenvalue weighted by Gasteiger charge is 2.39. The number of aliphatic hydroxyl groups is 1. The molecule has 2 aliphatic heterocycles. The van der Waals surface area contributed by atoms with Gasteiger partial charge in [0, 0.05) is 26.4 Å². The third-order valence-corrected chi connectivity index (χ3v) is 4.65. The van der Waals surface area contributed by atoms with Crippen LogP contribution < -0.4 is 9.47 Å². The lowest BCUT2D eigenvalue weighted by Crippen LogP contribution is -2.25. The highest BCUT2D eigenvalue weighted by molar-refractivity contribution is 5.77. The summed E-state index contributed by atoms with van der Waals surface area (Å²) < 4.78 is 22.4. The zero-order chi connectivity index (χ0) is 19.6. The van der Waals surface area contributed by atoms with Gasteiger partial charge in [0.25, 0.3) is 0 Å². The van der Waals surface area contributed by atoms with Gasteiger partial charge in [0.05, 0.1) is 6.61 Å². The predicted octanol–water partition coefficient (Wildman–Crippen LogP) is 2.05. The molecule has 0 spiro atoms. The molecular weight excluding hydrogens is 350 g/mol. The van der Waals surface area contributed by atoms with Gasteiger partial charge >= 0.3 is 0 Å². The number of carbonyl (C=O) groups is 1. The van der Waals surface area contributed by atoms with Gasteiger partial charge in [-0.25, -0.2) is 0 Å². The van der Waals surface area contributed by atoms with E-state index >= 15 is 0 Å². The molecule has 148 valence electrons. The number of hydrogen-bond acceptors (Lipinski definition) is 6. The van der Waals surface area contributed by atoms with Crippen LogP contribution in [0.1, 0.15) is 31.7 Å². The highest BCUT2D eigenvalue weighted by Crippen LogP contribution is 2.36. The lowest BCUT2D eigenvalue weighted by Gasteiger charge is -2.18. The van der Waals surface area contributed by atoms with Gasteiger partial charge in [0.2, 0.25) is 12.7 Å². The normalized spacial score (nSPS) is 24.3. The maximum Gasteiger partial charge on any atom is 0.231 e. The molecule has 0 radical (unpaired) electrons. The molecule has 2 heterocycles. The molecule has 1 saturated heterocycles. The van der Waals surface area contributed by atoms with Crippen molar-refractivity contribution in [3.05, 3.63) is 35.9 Å². The van der Waals surface area contributed by atoms with Crippen LogP contribution in [0.2, 0.25) is 0 Å². The fourth-order valence-electron chi connectivity index (χ4n) is 3.22. The molecule has 27 heavy (non-hydrogen) atoms. The molecule has 1 amide bonds. The van der Waals surface area contributed by atoms with E-state index in [4.69, 9.17) is 18.9 Å². The first kappa shape index (κ1) is 19.7. The van der Waals surface area contributed by atoms with Crippen LogP contribution in [-0.4, -0.2) is 61.4 Å². The van der Waals surface area contributed by atoms with E-state index in [0.29, 0.717) is 17.9 Å². The minimum Gasteiger partial charge on any atom is -0.454 e. The first-order valence-corrected chi connectivity index (χ1v) is 9.03. The third-order valence-electron chi connectivity index (χ3n) is 4.65. The van der Waals surface area contributed by atoms with Crippen molar-refractivity contribution in [1.82, 2.24) is 4.90 Å². The molecular formula is C20H27NO6. The van der Waals surface area contributed by atoms with Crippen molar-refractivity contribution in [1.29, 1.82) is 0 Å². The summed E-state index contributed by atoms with van der Waals surface area (Å²) >= 11 is 0. The van der Waals surface area contributed by atoms with Crippen LogP contribution in [0.3, 0.4) is 0 Å². The zero-order valence-corrected chi connectivity index (χ0v) is 16.2. The summed E-state index contributed by atoms with van der Waals surface area (Å²) in [6.07, 6.45) is 3.31. The van der Waals surface area contributed by atoms with Crippen molar-refractivity contribution >= 4 is 5.91 Å². The SMILES string of the molecule is CN(C)C(=O)C[C@H](/C=C/[C@@H]1OC(C)(C)O[C@@H]1CO)c1ccc2c(c1)OCO2. The number of hydrogen-bond donors (Lipinski definition) is 1. The van der Waals surface area contributed by atoms with E-state index in [0.717, 1.165) is 5.56 Å². The minimum absolute atomic E-state index is 0.0185. The summed E-state index contributed by atoms with van der Waals surface area (Å²) in [5.41, 5.74) is 0.949. The summed E-state index contributed by atoms with van der Waals surface area (Å²) in [5.74, 6) is 0.481. The second-order valence-corrected chi connectivity index (χ2v) is 7.42. The average molecular weight is 377 g/mol. The van der Waals surface area contributed by atoms with E-state index in [9.17, 15) is 9.90 Å². The van der Waals surface area contributed by atoms with Gasteiger partial charge < -0.3 is 29.0 Å². The fraction of sp³-hybridized carbons (Fsp3) is 0.550. The second-order valence-electron chi connectivity index (χ2n) is 7.42. The van der Waals surface area contributed by atoms with Crippen LogP contribution in [0.15, 0.2) is 30.4 Å². The summed E-state index contributed by atoms with van der Waals surface area (Å²) in [7, 11) is 3.47. The molecule has 7 heteroatoms. The molecule has 0 bridgehead atoms. The molecule has 1 aromatic rings. The van der Waals surface area contributed by atoms with E-state index in [2.05, 4.69) is 0 Å². The van der Waals surface area contributed by atoms with E-state index in [1.807, 2.05) is 44.2 Å². The fourth-order valence-corrected chi connectivity index (χ4v) is 3.22. The number of benzene rings is 1. The Balaban J connectivity index is 1.83. The molecule has 0 aliphatic carbocycles. The molecule has 0 unspecified atom stereocenters. The first-order valence-electron chi connectivity index (χ1n) is 9.03. The second kappa shape index (κ2) is 7.88. The Bertz CT molecular complexity index is 714. The Morgan fingerprint density at radius 3 is 2.74 bits per heavy atom. The van der Waals surface area contributed by atoms with Crippen molar-refractivity contribution in [3.8, 4) is 11.5 Å². The Morgan fingerprint density at radius 1 is 1.30 bits per heavy atom. The molecule has 1 fully saturated rings. The lowest BCUT2D eigenvalue weighted by atomic mass is 9.93. The van der Waals surface area contributed by atoms with Gasteiger partial charge in [-0.1, -0.05) is 18.2 Å². The third kappa shape index (κ3) is 4.61. The molecule has 0 aromatic heterocycles. The van der Waals surface area contributed by atoms with E-state index in [1.54, 1.807) is 19.0 Å². The molecule has 3 atom stereocenters. The molecule has 3 rings (SSSR count). The number of carbonyl (C=O) groups excluding carboxylic acids is 1. The zero-order valence-electron chi connectivity index (χ0n) is 16.2. The maximum absolute atomic E-state index is 12.3. The summed E-state index contributed by atoms with van der Waals surface area (Å²) in [6.45, 7) is 3.70. The van der Waals surface area contributed by atoms with Crippen LogP contribution in [-0.2, 0) is 14.3 Å². The summed E-state index contributed by atoms with van der Waals surface area (Å²) in [4.78, 5) is 13.9. The lowest BCUT2D eigenvalue weighted by molar-refractivity contribution is -0.146. The van der Waals surface area contributed by atoms with Crippen molar-refractivity contribution in [2.45, 2.75) is 44.2 Å². The van der Waals surface area contributed by atoms with E-state index in [1.165, 1.54) is 0 Å². The number of rotatable bonds is 6. The van der Waals surface area contributed by atoms with Crippen LogP contribution in [0, 0.1) is 0 Å². The Hall–Kier alpha value is -2.09. The number of allylic oxidation sites excluding steroid dienone is 1. The predicted molar refractivity (Wildman–Crippen MR) is 98.7 cm³/mol. The number of nitrogens with zero attached hydrogens (tertiary/aromatic N) is 1. The van der Waals surface area contributed by atoms with Crippen LogP contribution in [0.5, 0.6) is 11.5 Å². The van der Waals surface area contributed by atoms with Gasteiger partial charge in [-0.3, -0.25) is 4.79 Å². The topological polar surface area (TPSA) is 77.5 Å². The number of amides is 1. The minimum atomic E-state index is -0.754. The van der Waals surface area contributed by atoms with E-state index < -0.39 is 11.9 Å². The number of aliphatic hydroxyl groups excluding tert-OH is 1. The molecule has 1 N–H and O–H groups in total. The van der Waals surface area contributed by atoms with Gasteiger partial charge in [-0.15, -0.1) is 0 Å². The number of fused-ring (bicyclic) bond motifs is 1. The first-order chi connectivity index (χ1) is 12.8. The van der Waals surface area contributed by atoms with Gasteiger partial charge in [-0.2, -0.15) is 0 Å². The number of ether oxygens (including phenoxy) is 4. The van der Waals surface area contributed by atoms with Crippen molar-refractivity contribution in [2.75, 3.05) is 27.5 Å². The Labute approximate surface area is 159 Å². The van der Waals surface area contributed by atoms with Gasteiger partial charge in [-0.05, 0) is 31.5 Å². The Kier molecular flexibility index (Phi) is 5.74. The van der Waals surface area contributed by atoms with Crippen molar-refractivity contribution in [2.24, 2.45) is 0 Å². The van der Waals surface area contributed by atoms with Crippen LogP contribution >= 0.6 is 0 Å². The quantitative estimate of drug-likeness (QED) is 0.765. The molecule has 7 nitrogen and oxygen atoms in total. The van der Waals surface area contributed by atoms with Gasteiger partial charge in [0.15, 0.2) is 17.3 Å². The van der Waals surface area contributed by atoms with E-state index in [-0.39, 0.29) is 31.3 Å². The molecule has 2 aliphatic rings. The Morgan fingerprint density at radius 2 is 2.04 bits per heavy atom. The van der Waals surface area contributed by atoms with Crippen LogP contribution in [0.25, 0.3) is 0 Å². The monoisotopic (exact) mass is 377 g/mol. The largest absolute Gasteiger partial charge is 0.454 e. The molecule has 0 saturated carbocycles. The molecule has 1 aromatic carbocycles. The highest BCUT2D eigenvalue weighted by atomic mass is 16.8. The van der Waals surface area contributed by atoms with Crippen LogP contribution in [0.4, 0.5) is 0 Å². The summed E-state index contributed by atoms with van der Waals surface area (Å²) in [5, 5.41) is 9.54. The van der Waals surface area contributed by atoms with Crippen molar-refractivity contribution < 1.29 is 28.8 Å². The maximum atomic E-state index is 12.3. The smallest absolute Gasteiger partial charge is 0.231 e.